The van der Waals surface area contributed by atoms with Gasteiger partial charge in [0.05, 0.1) is 19.3 Å². The highest BCUT2D eigenvalue weighted by Crippen LogP contribution is 2.10. The summed E-state index contributed by atoms with van der Waals surface area (Å²) in [5, 5.41) is 3.04. The van der Waals surface area contributed by atoms with Crippen molar-refractivity contribution in [1.29, 1.82) is 0 Å². The first-order chi connectivity index (χ1) is 7.76. The average molecular weight is 227 g/mol. The lowest BCUT2D eigenvalue weighted by Gasteiger charge is -2.11. The largest absolute Gasteiger partial charge is 0.462 e. The lowest BCUT2D eigenvalue weighted by Crippen LogP contribution is -2.15. The van der Waals surface area contributed by atoms with Crippen molar-refractivity contribution < 1.29 is 13.9 Å². The quantitative estimate of drug-likeness (QED) is 0.737. The maximum atomic E-state index is 5.58. The molecule has 1 atom stereocenters. The van der Waals surface area contributed by atoms with Crippen molar-refractivity contribution in [3.8, 4) is 0 Å². The van der Waals surface area contributed by atoms with Gasteiger partial charge in [-0.05, 0) is 33.0 Å². The summed E-state index contributed by atoms with van der Waals surface area (Å²) in [6, 6.07) is 3.91. The van der Waals surface area contributed by atoms with Crippen LogP contribution in [0.1, 0.15) is 25.4 Å². The van der Waals surface area contributed by atoms with Gasteiger partial charge >= 0.3 is 0 Å². The molecule has 0 bridgehead atoms. The molecule has 1 heterocycles. The minimum Gasteiger partial charge on any atom is -0.462 e. The molecule has 0 saturated heterocycles. The lowest BCUT2D eigenvalue weighted by atomic mass is 10.4. The van der Waals surface area contributed by atoms with Crippen LogP contribution in [0, 0.1) is 0 Å². The Bertz CT molecular complexity index is 286. The molecule has 0 radical (unpaired) electrons. The predicted octanol–water partition coefficient (Wildman–Crippen LogP) is 1.94. The van der Waals surface area contributed by atoms with Gasteiger partial charge in [0.15, 0.2) is 0 Å². The first-order valence-corrected chi connectivity index (χ1v) is 5.67. The Morgan fingerprint density at radius 3 is 2.81 bits per heavy atom. The third-order valence-electron chi connectivity index (χ3n) is 2.14. The molecular formula is C12H21NO3. The number of nitrogens with one attached hydrogen (secondary N) is 1. The van der Waals surface area contributed by atoms with Crippen LogP contribution >= 0.6 is 0 Å². The van der Waals surface area contributed by atoms with Gasteiger partial charge in [0.2, 0.25) is 0 Å². The fourth-order valence-electron chi connectivity index (χ4n) is 1.33. The average Bonchev–Trinajstić information content (AvgIpc) is 2.72. The molecule has 0 saturated carbocycles. The van der Waals surface area contributed by atoms with Crippen molar-refractivity contribution in [3.63, 3.8) is 0 Å². The van der Waals surface area contributed by atoms with Crippen LogP contribution in [0.15, 0.2) is 16.5 Å². The zero-order valence-corrected chi connectivity index (χ0v) is 10.3. The lowest BCUT2D eigenvalue weighted by molar-refractivity contribution is -0.0173. The van der Waals surface area contributed by atoms with Gasteiger partial charge in [-0.2, -0.15) is 0 Å². The number of ether oxygens (including phenoxy) is 2. The Morgan fingerprint density at radius 1 is 1.38 bits per heavy atom. The van der Waals surface area contributed by atoms with E-state index in [1.54, 1.807) is 0 Å². The van der Waals surface area contributed by atoms with Gasteiger partial charge in [-0.25, -0.2) is 0 Å². The van der Waals surface area contributed by atoms with E-state index in [0.29, 0.717) is 13.2 Å². The van der Waals surface area contributed by atoms with Crippen molar-refractivity contribution >= 4 is 0 Å². The number of rotatable bonds is 8. The molecule has 1 aromatic rings. The van der Waals surface area contributed by atoms with Crippen LogP contribution in [0.25, 0.3) is 0 Å². The van der Waals surface area contributed by atoms with Gasteiger partial charge in [-0.3, -0.25) is 0 Å². The first-order valence-electron chi connectivity index (χ1n) is 5.67. The second-order valence-electron chi connectivity index (χ2n) is 3.68. The van der Waals surface area contributed by atoms with E-state index in [2.05, 4.69) is 5.32 Å². The molecule has 4 nitrogen and oxygen atoms in total. The Labute approximate surface area is 96.9 Å². The Hall–Kier alpha value is -0.840. The van der Waals surface area contributed by atoms with Gasteiger partial charge in [0.25, 0.3) is 0 Å². The van der Waals surface area contributed by atoms with Gasteiger partial charge < -0.3 is 19.2 Å². The van der Waals surface area contributed by atoms with Gasteiger partial charge in [-0.15, -0.1) is 0 Å². The maximum absolute atomic E-state index is 5.58. The maximum Gasteiger partial charge on any atom is 0.129 e. The number of furan rings is 1. The molecule has 0 aliphatic rings. The van der Waals surface area contributed by atoms with E-state index in [0.717, 1.165) is 24.7 Å². The van der Waals surface area contributed by atoms with Crippen LogP contribution in [0.3, 0.4) is 0 Å². The minimum atomic E-state index is 0.0952. The monoisotopic (exact) mass is 227 g/mol. The van der Waals surface area contributed by atoms with E-state index < -0.39 is 0 Å². The summed E-state index contributed by atoms with van der Waals surface area (Å²) in [7, 11) is 1.89. The van der Waals surface area contributed by atoms with Crippen LogP contribution < -0.4 is 5.32 Å². The molecule has 1 unspecified atom stereocenters. The standard InChI is InChI=1S/C12H21NO3/c1-4-14-8-10(2)15-9-12-6-5-11(16-12)7-13-3/h5-6,10,13H,4,7-9H2,1-3H3. The van der Waals surface area contributed by atoms with Gasteiger partial charge in [0, 0.05) is 6.61 Å². The molecular weight excluding hydrogens is 206 g/mol. The molecule has 92 valence electrons. The Kier molecular flexibility index (Phi) is 6.15. The SMILES string of the molecule is CCOCC(C)OCc1ccc(CNC)o1. The Morgan fingerprint density at radius 2 is 2.12 bits per heavy atom. The highest BCUT2D eigenvalue weighted by atomic mass is 16.5. The number of hydrogen-bond donors (Lipinski definition) is 1. The van der Waals surface area contributed by atoms with E-state index in [9.17, 15) is 0 Å². The first kappa shape index (κ1) is 13.2. The molecule has 0 amide bonds. The van der Waals surface area contributed by atoms with E-state index in [1.807, 2.05) is 33.0 Å². The number of hydrogen-bond acceptors (Lipinski definition) is 4. The van der Waals surface area contributed by atoms with Crippen molar-refractivity contribution in [1.82, 2.24) is 5.32 Å². The summed E-state index contributed by atoms with van der Waals surface area (Å²) >= 11 is 0. The van der Waals surface area contributed by atoms with Crippen LogP contribution in [-0.4, -0.2) is 26.4 Å². The van der Waals surface area contributed by atoms with Gasteiger partial charge in [0.1, 0.15) is 18.1 Å². The predicted molar refractivity (Wildman–Crippen MR) is 62.2 cm³/mol. The fourth-order valence-corrected chi connectivity index (χ4v) is 1.33. The second kappa shape index (κ2) is 7.44. The van der Waals surface area contributed by atoms with Crippen LogP contribution in [0.5, 0.6) is 0 Å². The van der Waals surface area contributed by atoms with E-state index in [1.165, 1.54) is 0 Å². The topological polar surface area (TPSA) is 43.6 Å². The molecule has 0 aromatic carbocycles. The van der Waals surface area contributed by atoms with Gasteiger partial charge in [-0.1, -0.05) is 0 Å². The molecule has 4 heteroatoms. The van der Waals surface area contributed by atoms with Crippen molar-refractivity contribution in [2.75, 3.05) is 20.3 Å². The smallest absolute Gasteiger partial charge is 0.129 e. The summed E-state index contributed by atoms with van der Waals surface area (Å²) in [5.74, 6) is 1.78. The molecule has 0 fully saturated rings. The van der Waals surface area contributed by atoms with Crippen molar-refractivity contribution in [2.45, 2.75) is 33.1 Å². The molecule has 0 aliphatic carbocycles. The molecule has 0 spiro atoms. The van der Waals surface area contributed by atoms with Crippen LogP contribution in [0.4, 0.5) is 0 Å². The summed E-state index contributed by atoms with van der Waals surface area (Å²) < 4.78 is 16.4. The Balaban J connectivity index is 2.25. The summed E-state index contributed by atoms with van der Waals surface area (Å²) in [6.07, 6.45) is 0.0952. The van der Waals surface area contributed by atoms with E-state index in [-0.39, 0.29) is 6.10 Å². The highest BCUT2D eigenvalue weighted by Gasteiger charge is 2.05. The molecule has 16 heavy (non-hydrogen) atoms. The third kappa shape index (κ3) is 4.79. The summed E-state index contributed by atoms with van der Waals surface area (Å²) in [4.78, 5) is 0. The van der Waals surface area contributed by atoms with Crippen LogP contribution in [0.2, 0.25) is 0 Å². The molecule has 1 rings (SSSR count). The van der Waals surface area contributed by atoms with E-state index in [4.69, 9.17) is 13.9 Å². The molecule has 0 aliphatic heterocycles. The highest BCUT2D eigenvalue weighted by molar-refractivity contribution is 5.06. The molecule has 1 N–H and O–H groups in total. The van der Waals surface area contributed by atoms with Crippen molar-refractivity contribution in [3.05, 3.63) is 23.7 Å². The summed E-state index contributed by atoms with van der Waals surface area (Å²) in [5.41, 5.74) is 0. The van der Waals surface area contributed by atoms with E-state index >= 15 is 0 Å². The second-order valence-corrected chi connectivity index (χ2v) is 3.68. The third-order valence-corrected chi connectivity index (χ3v) is 2.14. The zero-order valence-electron chi connectivity index (χ0n) is 10.3. The zero-order chi connectivity index (χ0) is 11.8. The molecule has 1 aromatic heterocycles. The fraction of sp³-hybridized carbons (Fsp3) is 0.667. The van der Waals surface area contributed by atoms with Crippen molar-refractivity contribution in [2.24, 2.45) is 0 Å². The van der Waals surface area contributed by atoms with Crippen LogP contribution in [-0.2, 0) is 22.6 Å². The summed E-state index contributed by atoms with van der Waals surface area (Å²) in [6.45, 7) is 6.56. The minimum absolute atomic E-state index is 0.0952. The normalized spacial score (nSPS) is 12.9.